The number of carbonyl (C=O) groups excluding carboxylic acids is 2. The normalized spacial score (nSPS) is 10.1. The predicted octanol–water partition coefficient (Wildman–Crippen LogP) is 0.186. The van der Waals surface area contributed by atoms with E-state index in [0.29, 0.717) is 6.42 Å². The number of isocyanates is 1. The Morgan fingerprint density at radius 1 is 1.69 bits per heavy atom. The highest BCUT2D eigenvalue weighted by Crippen LogP contribution is 1.97. The minimum Gasteiger partial charge on any atom is -0.480 e. The lowest BCUT2D eigenvalue weighted by atomic mass is 10.2. The van der Waals surface area contributed by atoms with E-state index in [-0.39, 0.29) is 0 Å². The van der Waals surface area contributed by atoms with E-state index in [1.807, 2.05) is 6.26 Å². The smallest absolute Gasteiger partial charge is 0.320 e. The molecule has 0 heterocycles. The van der Waals surface area contributed by atoms with Gasteiger partial charge in [0.25, 0.3) is 5.91 Å². The Balaban J connectivity index is 0. The lowest BCUT2D eigenvalue weighted by Gasteiger charge is -2.02. The van der Waals surface area contributed by atoms with E-state index in [4.69, 9.17) is 10.8 Å². The van der Waals surface area contributed by atoms with Gasteiger partial charge in [0.15, 0.2) is 0 Å². The molecule has 0 fully saturated rings. The summed E-state index contributed by atoms with van der Waals surface area (Å²) < 4.78 is 0. The van der Waals surface area contributed by atoms with Gasteiger partial charge in [-0.25, -0.2) is 4.79 Å². The van der Waals surface area contributed by atoms with Crippen molar-refractivity contribution in [2.45, 2.75) is 12.5 Å². The van der Waals surface area contributed by atoms with Crippen LogP contribution in [0.15, 0.2) is 17.6 Å². The van der Waals surface area contributed by atoms with Crippen molar-refractivity contribution in [1.82, 2.24) is 0 Å². The number of carboxylic acid groups (broad SMARTS) is 1. The quantitative estimate of drug-likeness (QED) is 0.407. The molecule has 0 radical (unpaired) electrons. The average Bonchev–Trinajstić information content (AvgIpc) is 2.26. The van der Waals surface area contributed by atoms with Crippen LogP contribution in [0.2, 0.25) is 0 Å². The molecule has 0 bridgehead atoms. The summed E-state index contributed by atoms with van der Waals surface area (Å²) in [7, 11) is 0. The van der Waals surface area contributed by atoms with Gasteiger partial charge in [-0.1, -0.05) is 6.58 Å². The van der Waals surface area contributed by atoms with Gasteiger partial charge in [0, 0.05) is 0 Å². The monoisotopic (exact) mass is 246 g/mol. The van der Waals surface area contributed by atoms with Crippen LogP contribution in [-0.2, 0) is 14.4 Å². The predicted molar refractivity (Wildman–Crippen MR) is 61.9 cm³/mol. The maximum absolute atomic E-state index is 10.1. The zero-order valence-electron chi connectivity index (χ0n) is 8.88. The average molecular weight is 246 g/mol. The molecule has 6 nitrogen and oxygen atoms in total. The van der Waals surface area contributed by atoms with E-state index in [0.717, 1.165) is 17.9 Å². The Kier molecular flexibility index (Phi) is 12.4. The Hall–Kier alpha value is -1.43. The summed E-state index contributed by atoms with van der Waals surface area (Å²) in [6.07, 6.45) is 4.49. The van der Waals surface area contributed by atoms with Crippen molar-refractivity contribution >= 4 is 29.7 Å². The molecule has 16 heavy (non-hydrogen) atoms. The fraction of sp³-hybridized carbons (Fsp3) is 0.444. The maximum atomic E-state index is 10.1. The second-order valence-electron chi connectivity index (χ2n) is 2.47. The Morgan fingerprint density at radius 2 is 2.25 bits per heavy atom. The molecule has 90 valence electrons. The molecule has 0 rings (SSSR count). The molecule has 0 aromatic heterocycles. The van der Waals surface area contributed by atoms with E-state index >= 15 is 0 Å². The molecule has 0 unspecified atom stereocenters. The second-order valence-corrected chi connectivity index (χ2v) is 3.46. The topological polar surface area (TPSA) is 110 Å². The molecule has 0 aromatic rings. The fourth-order valence-corrected chi connectivity index (χ4v) is 0.949. The highest BCUT2D eigenvalue weighted by Gasteiger charge is 2.08. The molecule has 0 saturated carbocycles. The lowest BCUT2D eigenvalue weighted by molar-refractivity contribution is -0.138. The first-order valence-corrected chi connectivity index (χ1v) is 5.60. The van der Waals surface area contributed by atoms with Gasteiger partial charge in [0.05, 0.1) is 0 Å². The van der Waals surface area contributed by atoms with E-state index in [2.05, 4.69) is 11.6 Å². The van der Waals surface area contributed by atoms with E-state index in [9.17, 15) is 14.4 Å². The van der Waals surface area contributed by atoms with Crippen LogP contribution in [0.1, 0.15) is 6.42 Å². The lowest BCUT2D eigenvalue weighted by Crippen LogP contribution is -2.30. The number of rotatable bonds is 5. The zero-order chi connectivity index (χ0) is 13.0. The van der Waals surface area contributed by atoms with Crippen LogP contribution >= 0.6 is 11.8 Å². The molecule has 0 aromatic carbocycles. The van der Waals surface area contributed by atoms with Gasteiger partial charge in [-0.2, -0.15) is 11.8 Å². The van der Waals surface area contributed by atoms with E-state index in [1.165, 1.54) is 0 Å². The van der Waals surface area contributed by atoms with Crippen LogP contribution in [-0.4, -0.2) is 41.1 Å². The van der Waals surface area contributed by atoms with Gasteiger partial charge in [-0.05, 0) is 24.5 Å². The summed E-state index contributed by atoms with van der Waals surface area (Å²) in [4.78, 5) is 31.8. The van der Waals surface area contributed by atoms with Crippen molar-refractivity contribution in [3.05, 3.63) is 12.7 Å². The van der Waals surface area contributed by atoms with Crippen LogP contribution in [0, 0.1) is 0 Å². The summed E-state index contributed by atoms with van der Waals surface area (Å²) in [5.41, 5.74) is 5.19. The number of amides is 1. The highest BCUT2D eigenvalue weighted by molar-refractivity contribution is 7.98. The maximum Gasteiger partial charge on any atom is 0.320 e. The molecule has 1 amide bonds. The van der Waals surface area contributed by atoms with Gasteiger partial charge in [-0.15, -0.1) is 4.99 Å². The van der Waals surface area contributed by atoms with Gasteiger partial charge in [0.2, 0.25) is 6.08 Å². The van der Waals surface area contributed by atoms with Crippen molar-refractivity contribution in [2.75, 3.05) is 12.0 Å². The number of nitrogens with zero attached hydrogens (tertiary/aromatic N) is 1. The van der Waals surface area contributed by atoms with Crippen LogP contribution in [0.3, 0.4) is 0 Å². The van der Waals surface area contributed by atoms with Gasteiger partial charge in [-0.3, -0.25) is 9.59 Å². The van der Waals surface area contributed by atoms with Crippen molar-refractivity contribution in [1.29, 1.82) is 0 Å². The van der Waals surface area contributed by atoms with Gasteiger partial charge < -0.3 is 10.8 Å². The molecule has 0 spiro atoms. The third kappa shape index (κ3) is 12.6. The standard InChI is InChI=1S/C5H11NO2S.C4H3NO2/c1-9-3-2-4(6)5(7)8;1-2-4(7)5-3-6/h4H,2-3,6H2,1H3,(H,7,8);2H,1H2/t4-;/m0./s1. The number of aliphatic imine (C=N–C) groups is 1. The number of nitrogens with two attached hydrogens (primary N) is 1. The summed E-state index contributed by atoms with van der Waals surface area (Å²) >= 11 is 1.60. The van der Waals surface area contributed by atoms with Crippen molar-refractivity contribution in [3.63, 3.8) is 0 Å². The van der Waals surface area contributed by atoms with Crippen LogP contribution in [0.5, 0.6) is 0 Å². The molecule has 3 N–H and O–H groups in total. The number of hydrogen-bond acceptors (Lipinski definition) is 5. The molecule has 1 atom stereocenters. The molecule has 7 heteroatoms. The third-order valence-corrected chi connectivity index (χ3v) is 1.92. The van der Waals surface area contributed by atoms with Crippen molar-refractivity contribution in [3.8, 4) is 0 Å². The van der Waals surface area contributed by atoms with Crippen molar-refractivity contribution < 1.29 is 19.5 Å². The molecule has 0 saturated heterocycles. The van der Waals surface area contributed by atoms with Gasteiger partial charge >= 0.3 is 5.97 Å². The number of aliphatic carboxylic acids is 1. The summed E-state index contributed by atoms with van der Waals surface area (Å²) in [5.74, 6) is -0.757. The Labute approximate surface area is 97.6 Å². The first-order chi connectivity index (χ1) is 7.49. The number of carboxylic acids is 1. The summed E-state index contributed by atoms with van der Waals surface area (Å²) in [5, 5.41) is 8.27. The molecule has 0 aliphatic heterocycles. The first kappa shape index (κ1) is 17.0. The number of carbonyl (C=O) groups is 2. The molecular formula is C9H14N2O4S. The van der Waals surface area contributed by atoms with E-state index < -0.39 is 17.9 Å². The largest absolute Gasteiger partial charge is 0.480 e. The molecular weight excluding hydrogens is 232 g/mol. The minimum absolute atomic E-state index is 0.552. The van der Waals surface area contributed by atoms with Crippen LogP contribution in [0.25, 0.3) is 0 Å². The zero-order valence-corrected chi connectivity index (χ0v) is 9.70. The minimum atomic E-state index is -0.913. The third-order valence-electron chi connectivity index (χ3n) is 1.28. The fourth-order valence-electron chi connectivity index (χ4n) is 0.459. The van der Waals surface area contributed by atoms with E-state index in [1.54, 1.807) is 11.8 Å². The Morgan fingerprint density at radius 3 is 2.50 bits per heavy atom. The number of thioether (sulfide) groups is 1. The Bertz CT molecular complexity index is 287. The highest BCUT2D eigenvalue weighted by atomic mass is 32.2. The first-order valence-electron chi connectivity index (χ1n) is 4.21. The SMILES string of the molecule is C=CC(=O)N=C=O.CSCC[C@H](N)C(=O)O. The van der Waals surface area contributed by atoms with Crippen molar-refractivity contribution in [2.24, 2.45) is 10.7 Å². The number of hydrogen-bond donors (Lipinski definition) is 2. The molecule has 0 aliphatic carbocycles. The second kappa shape index (κ2) is 11.6. The van der Waals surface area contributed by atoms with Crippen LogP contribution in [0.4, 0.5) is 0 Å². The summed E-state index contributed by atoms with van der Waals surface area (Å²) in [6.45, 7) is 3.06. The molecule has 0 aliphatic rings. The van der Waals surface area contributed by atoms with Crippen LogP contribution < -0.4 is 5.73 Å². The summed E-state index contributed by atoms with van der Waals surface area (Å²) in [6, 6.07) is -0.683. The van der Waals surface area contributed by atoms with Gasteiger partial charge in [0.1, 0.15) is 6.04 Å².